The fraction of sp³-hybridized carbons (Fsp3) is 1.00. The first-order valence-electron chi connectivity index (χ1n) is 3.47. The second-order valence-corrected chi connectivity index (χ2v) is 2.80. The summed E-state index contributed by atoms with van der Waals surface area (Å²) < 4.78 is 22.6. The van der Waals surface area contributed by atoms with Crippen LogP contribution in [0.25, 0.3) is 0 Å². The lowest BCUT2D eigenvalue weighted by atomic mass is 10.0. The zero-order chi connectivity index (χ0) is 8.01. The van der Waals surface area contributed by atoms with Crippen molar-refractivity contribution in [3.8, 4) is 0 Å². The van der Waals surface area contributed by atoms with E-state index in [0.29, 0.717) is 0 Å². The Kier molecular flexibility index (Phi) is 1.61. The van der Waals surface area contributed by atoms with Crippen LogP contribution in [0.3, 0.4) is 0 Å². The molecule has 0 aromatic heterocycles. The van der Waals surface area contributed by atoms with Gasteiger partial charge >= 0.3 is 0 Å². The highest BCUT2D eigenvalue weighted by Gasteiger charge is 2.49. The van der Waals surface area contributed by atoms with E-state index < -0.39 is 30.8 Å². The first-order chi connectivity index (χ1) is 5.20. The molecule has 2 heterocycles. The number of alkyl halides is 1. The van der Waals surface area contributed by atoms with Gasteiger partial charge in [0, 0.05) is 0 Å². The van der Waals surface area contributed by atoms with Crippen molar-refractivity contribution in [3.63, 3.8) is 0 Å². The van der Waals surface area contributed by atoms with E-state index in [1.165, 1.54) is 0 Å². The van der Waals surface area contributed by atoms with Gasteiger partial charge in [-0.25, -0.2) is 4.39 Å². The maximum Gasteiger partial charge on any atom is 0.192 e. The van der Waals surface area contributed by atoms with Crippen molar-refractivity contribution in [2.45, 2.75) is 30.8 Å². The number of fused-ring (bicyclic) bond motifs is 2. The van der Waals surface area contributed by atoms with Crippen molar-refractivity contribution in [1.29, 1.82) is 0 Å². The van der Waals surface area contributed by atoms with Crippen LogP contribution >= 0.6 is 0 Å². The summed E-state index contributed by atoms with van der Waals surface area (Å²) in [6.45, 7) is 0.156. The summed E-state index contributed by atoms with van der Waals surface area (Å²) in [7, 11) is 0. The third-order valence-corrected chi connectivity index (χ3v) is 2.05. The van der Waals surface area contributed by atoms with Gasteiger partial charge in [0.15, 0.2) is 12.5 Å². The highest BCUT2D eigenvalue weighted by atomic mass is 19.1. The minimum absolute atomic E-state index is 0.156. The Morgan fingerprint density at radius 2 is 2.00 bits per heavy atom. The van der Waals surface area contributed by atoms with Crippen LogP contribution in [0.2, 0.25) is 0 Å². The molecule has 0 unspecified atom stereocenters. The second kappa shape index (κ2) is 2.38. The molecule has 0 saturated carbocycles. The molecule has 4 nitrogen and oxygen atoms in total. The van der Waals surface area contributed by atoms with E-state index >= 15 is 0 Å². The molecule has 11 heavy (non-hydrogen) atoms. The van der Waals surface area contributed by atoms with Gasteiger partial charge in [-0.15, -0.1) is 0 Å². The normalized spacial score (nSPS) is 56.5. The van der Waals surface area contributed by atoms with Gasteiger partial charge in [0.2, 0.25) is 0 Å². The molecule has 5 atom stereocenters. The highest BCUT2D eigenvalue weighted by molar-refractivity contribution is 4.92. The Balaban J connectivity index is 2.16. The van der Waals surface area contributed by atoms with Gasteiger partial charge in [0.05, 0.1) is 6.61 Å². The summed E-state index contributed by atoms with van der Waals surface area (Å²) in [5.74, 6) is 0. The Morgan fingerprint density at radius 1 is 1.27 bits per heavy atom. The average Bonchev–Trinajstić information content (AvgIpc) is 2.44. The molecule has 0 spiro atoms. The molecule has 0 aromatic rings. The minimum atomic E-state index is -1.64. The van der Waals surface area contributed by atoms with Crippen LogP contribution < -0.4 is 0 Å². The number of aliphatic hydroxyl groups excluding tert-OH is 2. The Hall–Kier alpha value is -0.230. The Morgan fingerprint density at radius 3 is 2.73 bits per heavy atom. The van der Waals surface area contributed by atoms with Crippen LogP contribution in [-0.4, -0.2) is 47.6 Å². The predicted molar refractivity (Wildman–Crippen MR) is 31.5 cm³/mol. The average molecular weight is 164 g/mol. The van der Waals surface area contributed by atoms with E-state index in [1.807, 2.05) is 0 Å². The lowest BCUT2D eigenvalue weighted by molar-refractivity contribution is -0.207. The van der Waals surface area contributed by atoms with E-state index in [-0.39, 0.29) is 6.61 Å². The molecule has 2 rings (SSSR count). The van der Waals surface area contributed by atoms with Crippen LogP contribution in [0.5, 0.6) is 0 Å². The van der Waals surface area contributed by atoms with E-state index in [4.69, 9.17) is 19.7 Å². The molecule has 2 aliphatic rings. The predicted octanol–water partition coefficient (Wildman–Crippen LogP) is -1.20. The van der Waals surface area contributed by atoms with Crippen LogP contribution in [0.1, 0.15) is 0 Å². The third kappa shape index (κ3) is 0.961. The molecular formula is C6H9FO4. The summed E-state index contributed by atoms with van der Waals surface area (Å²) in [5.41, 5.74) is 0. The molecule has 2 N–H and O–H groups in total. The number of hydrogen-bond donors (Lipinski definition) is 2. The number of aliphatic hydroxyl groups is 2. The summed E-state index contributed by atoms with van der Waals surface area (Å²) in [4.78, 5) is 0. The summed E-state index contributed by atoms with van der Waals surface area (Å²) in [6, 6.07) is 0. The lowest BCUT2D eigenvalue weighted by Crippen LogP contribution is -2.51. The largest absolute Gasteiger partial charge is 0.387 e. The molecule has 2 fully saturated rings. The van der Waals surface area contributed by atoms with E-state index in [9.17, 15) is 4.39 Å². The third-order valence-electron chi connectivity index (χ3n) is 2.05. The molecule has 0 amide bonds. The number of hydrogen-bond acceptors (Lipinski definition) is 4. The van der Waals surface area contributed by atoms with Crippen molar-refractivity contribution in [2.75, 3.05) is 6.61 Å². The van der Waals surface area contributed by atoms with Gasteiger partial charge < -0.3 is 19.7 Å². The molecule has 2 aliphatic heterocycles. The van der Waals surface area contributed by atoms with Crippen LogP contribution in [-0.2, 0) is 9.47 Å². The summed E-state index contributed by atoms with van der Waals surface area (Å²) in [6.07, 6.45) is -5.73. The maximum absolute atomic E-state index is 12.9. The summed E-state index contributed by atoms with van der Waals surface area (Å²) in [5, 5.41) is 18.2. The molecule has 0 aromatic carbocycles. The molecule has 0 aliphatic carbocycles. The fourth-order valence-electron chi connectivity index (χ4n) is 1.36. The van der Waals surface area contributed by atoms with Crippen molar-refractivity contribution in [2.24, 2.45) is 0 Å². The first-order valence-corrected chi connectivity index (χ1v) is 3.47. The van der Waals surface area contributed by atoms with E-state index in [0.717, 1.165) is 0 Å². The van der Waals surface area contributed by atoms with Gasteiger partial charge in [0.1, 0.15) is 18.3 Å². The topological polar surface area (TPSA) is 58.9 Å². The summed E-state index contributed by atoms with van der Waals surface area (Å²) >= 11 is 0. The van der Waals surface area contributed by atoms with E-state index in [2.05, 4.69) is 0 Å². The fourth-order valence-corrected chi connectivity index (χ4v) is 1.36. The van der Waals surface area contributed by atoms with Crippen LogP contribution in [0.4, 0.5) is 4.39 Å². The molecule has 2 bridgehead atoms. The van der Waals surface area contributed by atoms with Gasteiger partial charge in [0.25, 0.3) is 0 Å². The van der Waals surface area contributed by atoms with Gasteiger partial charge in [-0.2, -0.15) is 0 Å². The van der Waals surface area contributed by atoms with Crippen molar-refractivity contribution in [3.05, 3.63) is 0 Å². The Bertz CT molecular complexity index is 145. The Labute approximate surface area is 62.5 Å². The van der Waals surface area contributed by atoms with Gasteiger partial charge in [-0.1, -0.05) is 0 Å². The number of rotatable bonds is 0. The van der Waals surface area contributed by atoms with E-state index in [1.54, 1.807) is 0 Å². The standard InChI is InChI=1S/C6H9FO4/c7-3-5(9)4(8)2-1-10-6(3)11-2/h2-6,8-9H,1H2/t2-,3-,4-,5-,6-/m1/s1. The second-order valence-electron chi connectivity index (χ2n) is 2.80. The number of halogens is 1. The SMILES string of the molecule is O[C@H]1[C@H](O)[C@H]2CO[C@H](O2)[C@@H]1F. The smallest absolute Gasteiger partial charge is 0.192 e. The monoisotopic (exact) mass is 164 g/mol. The molecule has 2 saturated heterocycles. The van der Waals surface area contributed by atoms with Crippen LogP contribution in [0, 0.1) is 0 Å². The van der Waals surface area contributed by atoms with Crippen molar-refractivity contribution >= 4 is 0 Å². The maximum atomic E-state index is 12.9. The molecule has 0 radical (unpaired) electrons. The molecule has 5 heteroatoms. The zero-order valence-electron chi connectivity index (χ0n) is 5.68. The van der Waals surface area contributed by atoms with Crippen LogP contribution in [0.15, 0.2) is 0 Å². The van der Waals surface area contributed by atoms with Gasteiger partial charge in [-0.05, 0) is 0 Å². The molecular weight excluding hydrogens is 155 g/mol. The zero-order valence-corrected chi connectivity index (χ0v) is 5.68. The van der Waals surface area contributed by atoms with Crippen molar-refractivity contribution in [1.82, 2.24) is 0 Å². The highest BCUT2D eigenvalue weighted by Crippen LogP contribution is 2.29. The lowest BCUT2D eigenvalue weighted by Gasteiger charge is -2.30. The minimum Gasteiger partial charge on any atom is -0.387 e. The van der Waals surface area contributed by atoms with Gasteiger partial charge in [-0.3, -0.25) is 0 Å². The van der Waals surface area contributed by atoms with Crippen molar-refractivity contribution < 1.29 is 24.1 Å². The molecule has 64 valence electrons. The number of ether oxygens (including phenoxy) is 2. The quantitative estimate of drug-likeness (QED) is 0.472. The first kappa shape index (κ1) is 7.42.